The molecule has 0 spiro atoms. The van der Waals surface area contributed by atoms with Crippen molar-refractivity contribution in [2.45, 2.75) is 19.4 Å². The molecule has 0 aliphatic carbocycles. The third kappa shape index (κ3) is 7.25. The number of nitrogens with one attached hydrogen (secondary N) is 6. The van der Waals surface area contributed by atoms with Crippen LogP contribution in [-0.2, 0) is 17.8 Å². The van der Waals surface area contributed by atoms with Crippen molar-refractivity contribution < 1.29 is 9.59 Å². The molecule has 0 saturated carbocycles. The maximum absolute atomic E-state index is 13.3. The Bertz CT molecular complexity index is 1530. The van der Waals surface area contributed by atoms with Crippen molar-refractivity contribution in [3.63, 3.8) is 0 Å². The van der Waals surface area contributed by atoms with Gasteiger partial charge in [-0.3, -0.25) is 20.4 Å². The number of rotatable bonds is 11. The Labute approximate surface area is 225 Å². The summed E-state index contributed by atoms with van der Waals surface area (Å²) in [6.07, 6.45) is 1.35. The van der Waals surface area contributed by atoms with E-state index < -0.39 is 0 Å². The van der Waals surface area contributed by atoms with E-state index in [0.717, 1.165) is 16.5 Å². The Morgan fingerprint density at radius 1 is 0.795 bits per heavy atom. The smallest absolute Gasteiger partial charge is 0.267 e. The predicted molar refractivity (Wildman–Crippen MR) is 155 cm³/mol. The van der Waals surface area contributed by atoms with Crippen LogP contribution >= 0.6 is 0 Å². The van der Waals surface area contributed by atoms with E-state index in [1.54, 1.807) is 12.1 Å². The van der Waals surface area contributed by atoms with Crippen LogP contribution < -0.4 is 32.7 Å². The van der Waals surface area contributed by atoms with Crippen molar-refractivity contribution in [3.8, 4) is 0 Å². The molecule has 0 radical (unpaired) electrons. The number of aromatic nitrogens is 1. The molecule has 1 aromatic heterocycles. The minimum Gasteiger partial charge on any atom is -0.370 e. The number of hydrogen-bond acceptors (Lipinski definition) is 4. The van der Waals surface area contributed by atoms with E-state index in [2.05, 4.69) is 51.6 Å². The van der Waals surface area contributed by atoms with Crippen LogP contribution in [0.25, 0.3) is 21.7 Å². The average Bonchev–Trinajstić information content (AvgIpc) is 3.27. The monoisotopic (exact) mass is 527 g/mol. The molecule has 0 saturated heterocycles. The Balaban J connectivity index is 1.48. The van der Waals surface area contributed by atoms with Gasteiger partial charge in [-0.1, -0.05) is 42.5 Å². The molecule has 10 N–H and O–H groups in total. The van der Waals surface area contributed by atoms with E-state index >= 15 is 0 Å². The second kappa shape index (κ2) is 12.5. The van der Waals surface area contributed by atoms with E-state index in [0.29, 0.717) is 43.9 Å². The normalized spacial score (nSPS) is 10.8. The van der Waals surface area contributed by atoms with Crippen LogP contribution in [0.3, 0.4) is 0 Å². The summed E-state index contributed by atoms with van der Waals surface area (Å²) in [4.78, 5) is 25.4. The van der Waals surface area contributed by atoms with Crippen LogP contribution in [-0.4, -0.2) is 47.9 Å². The van der Waals surface area contributed by atoms with Crippen LogP contribution in [0.2, 0.25) is 0 Å². The van der Waals surface area contributed by atoms with Crippen LogP contribution in [0.1, 0.15) is 22.5 Å². The molecule has 2 amide bonds. The molecule has 39 heavy (non-hydrogen) atoms. The Morgan fingerprint density at radius 3 is 2.33 bits per heavy atom. The molecule has 0 atom stereocenters. The topological polar surface area (TPSA) is 187 Å². The molecule has 0 fully saturated rings. The van der Waals surface area contributed by atoms with Crippen LogP contribution in [0.4, 0.5) is 5.69 Å². The second-order valence-electron chi connectivity index (χ2n) is 9.15. The summed E-state index contributed by atoms with van der Waals surface area (Å²) in [5, 5.41) is 28.7. The molecule has 4 aromatic rings. The molecule has 0 bridgehead atoms. The highest BCUT2D eigenvalue weighted by Gasteiger charge is 2.16. The van der Waals surface area contributed by atoms with Gasteiger partial charge in [-0.05, 0) is 53.4 Å². The molecular formula is C28H33N9O2. The van der Waals surface area contributed by atoms with E-state index in [-0.39, 0.29) is 30.3 Å². The lowest BCUT2D eigenvalue weighted by molar-refractivity contribution is -0.115. The lowest BCUT2D eigenvalue weighted by atomic mass is 10.1. The number of carbonyl (C=O) groups excluding carboxylic acids is 2. The molecule has 11 nitrogen and oxygen atoms in total. The maximum Gasteiger partial charge on any atom is 0.267 e. The van der Waals surface area contributed by atoms with E-state index in [9.17, 15) is 9.59 Å². The first-order valence-electron chi connectivity index (χ1n) is 12.6. The molecular weight excluding hydrogens is 494 g/mol. The highest BCUT2D eigenvalue weighted by molar-refractivity contribution is 6.01. The van der Waals surface area contributed by atoms with Gasteiger partial charge in [0, 0.05) is 36.2 Å². The summed E-state index contributed by atoms with van der Waals surface area (Å²) < 4.78 is 1.94. The highest BCUT2D eigenvalue weighted by Crippen LogP contribution is 2.24. The summed E-state index contributed by atoms with van der Waals surface area (Å²) in [5.41, 5.74) is 13.7. The summed E-state index contributed by atoms with van der Waals surface area (Å²) in [6.45, 7) is 1.39. The molecule has 0 unspecified atom stereocenters. The fraction of sp³-hybridized carbons (Fsp3) is 0.214. The largest absolute Gasteiger partial charge is 0.370 e. The van der Waals surface area contributed by atoms with E-state index in [1.807, 2.05) is 28.8 Å². The van der Waals surface area contributed by atoms with Crippen molar-refractivity contribution in [3.05, 3.63) is 78.0 Å². The molecule has 0 aliphatic rings. The van der Waals surface area contributed by atoms with Gasteiger partial charge in [-0.25, -0.2) is 0 Å². The SMILES string of the molecule is N=C(N)NCCCn1c(C(=O)NCCc2ccc3ccccc3c2)cc2cc(NC(=O)CNC(=N)N)ccc21. The zero-order chi connectivity index (χ0) is 27.8. The summed E-state index contributed by atoms with van der Waals surface area (Å²) in [6, 6.07) is 21.7. The molecule has 4 rings (SSSR count). The number of carbonyl (C=O) groups is 2. The Morgan fingerprint density at radius 2 is 1.56 bits per heavy atom. The van der Waals surface area contributed by atoms with Crippen LogP contribution in [0.15, 0.2) is 66.7 Å². The van der Waals surface area contributed by atoms with Gasteiger partial charge in [-0.2, -0.15) is 0 Å². The summed E-state index contributed by atoms with van der Waals surface area (Å²) >= 11 is 0. The van der Waals surface area contributed by atoms with Gasteiger partial charge in [0.2, 0.25) is 5.91 Å². The minimum atomic E-state index is -0.342. The number of guanidine groups is 2. The fourth-order valence-electron chi connectivity index (χ4n) is 4.42. The number of hydrogen-bond donors (Lipinski definition) is 8. The van der Waals surface area contributed by atoms with Crippen LogP contribution in [0.5, 0.6) is 0 Å². The fourth-order valence-corrected chi connectivity index (χ4v) is 4.42. The van der Waals surface area contributed by atoms with Gasteiger partial charge in [0.25, 0.3) is 5.91 Å². The Hall–Kier alpha value is -5.06. The third-order valence-electron chi connectivity index (χ3n) is 6.24. The number of nitrogens with two attached hydrogens (primary N) is 2. The predicted octanol–water partition coefficient (Wildman–Crippen LogP) is 2.06. The van der Waals surface area contributed by atoms with E-state index in [4.69, 9.17) is 22.3 Å². The number of nitrogens with zero attached hydrogens (tertiary/aromatic N) is 1. The first kappa shape index (κ1) is 27.0. The van der Waals surface area contributed by atoms with Gasteiger partial charge in [-0.15, -0.1) is 0 Å². The first-order valence-corrected chi connectivity index (χ1v) is 12.6. The minimum absolute atomic E-state index is 0.0985. The quantitative estimate of drug-likeness (QED) is 0.0837. The highest BCUT2D eigenvalue weighted by atomic mass is 16.2. The van der Waals surface area contributed by atoms with Gasteiger partial charge in [0.15, 0.2) is 11.9 Å². The zero-order valence-corrected chi connectivity index (χ0v) is 21.5. The second-order valence-corrected chi connectivity index (χ2v) is 9.15. The van der Waals surface area contributed by atoms with Crippen molar-refractivity contribution in [1.82, 2.24) is 20.5 Å². The first-order chi connectivity index (χ1) is 18.8. The number of anilines is 1. The zero-order valence-electron chi connectivity index (χ0n) is 21.5. The summed E-state index contributed by atoms with van der Waals surface area (Å²) in [7, 11) is 0. The van der Waals surface area contributed by atoms with Gasteiger partial charge < -0.3 is 37.3 Å². The molecule has 11 heteroatoms. The number of benzene rings is 3. The van der Waals surface area contributed by atoms with Crippen LogP contribution in [0, 0.1) is 10.8 Å². The molecule has 0 aliphatic heterocycles. The maximum atomic E-state index is 13.3. The van der Waals surface area contributed by atoms with Gasteiger partial charge in [0.1, 0.15) is 5.69 Å². The average molecular weight is 528 g/mol. The number of aryl methyl sites for hydroxylation is 1. The third-order valence-corrected chi connectivity index (χ3v) is 6.24. The molecule has 202 valence electrons. The van der Waals surface area contributed by atoms with Crippen molar-refractivity contribution in [1.29, 1.82) is 10.8 Å². The lowest BCUT2D eigenvalue weighted by Crippen LogP contribution is -2.36. The standard InChI is InChI=1S/C28H33N9O2/c29-27(30)34-11-3-13-37-23-9-8-22(36-25(38)17-35-28(31)32)15-21(23)16-24(37)26(39)33-12-10-18-6-7-19-4-1-2-5-20(19)14-18/h1-2,4-9,14-16H,3,10-13,17H2,(H,33,39)(H,36,38)(H4,29,30,34)(H4,31,32,35). The molecule has 3 aromatic carbocycles. The van der Waals surface area contributed by atoms with Crippen molar-refractivity contribution in [2.24, 2.45) is 11.5 Å². The molecule has 1 heterocycles. The van der Waals surface area contributed by atoms with Crippen molar-refractivity contribution >= 4 is 51.1 Å². The van der Waals surface area contributed by atoms with Gasteiger partial charge >= 0.3 is 0 Å². The number of fused-ring (bicyclic) bond motifs is 2. The van der Waals surface area contributed by atoms with E-state index in [1.165, 1.54) is 10.8 Å². The van der Waals surface area contributed by atoms with Crippen molar-refractivity contribution in [2.75, 3.05) is 25.0 Å². The lowest BCUT2D eigenvalue weighted by Gasteiger charge is -2.12. The Kier molecular flexibility index (Phi) is 8.62. The van der Waals surface area contributed by atoms with Gasteiger partial charge in [0.05, 0.1) is 6.54 Å². The summed E-state index contributed by atoms with van der Waals surface area (Å²) in [5.74, 6) is -0.916. The number of amides is 2.